The molecule has 2 rings (SSSR count). The van der Waals surface area contributed by atoms with Crippen LogP contribution in [0.4, 0.5) is 10.5 Å². The van der Waals surface area contributed by atoms with Crippen molar-refractivity contribution in [2.75, 3.05) is 24.1 Å². The summed E-state index contributed by atoms with van der Waals surface area (Å²) >= 11 is 0. The lowest BCUT2D eigenvalue weighted by molar-refractivity contribution is 0.111. The summed E-state index contributed by atoms with van der Waals surface area (Å²) in [6, 6.07) is 6.33. The molecule has 8 heteroatoms. The van der Waals surface area contributed by atoms with Crippen LogP contribution in [0.15, 0.2) is 24.3 Å². The van der Waals surface area contributed by atoms with E-state index in [0.29, 0.717) is 17.8 Å². The van der Waals surface area contributed by atoms with Crippen LogP contribution in [0, 0.1) is 0 Å². The molecule has 1 aliphatic rings. The fraction of sp³-hybridized carbons (Fsp3) is 0.533. The van der Waals surface area contributed by atoms with E-state index in [-0.39, 0.29) is 18.2 Å². The van der Waals surface area contributed by atoms with E-state index in [9.17, 15) is 13.2 Å². The van der Waals surface area contributed by atoms with Crippen molar-refractivity contribution >= 4 is 21.7 Å². The van der Waals surface area contributed by atoms with Crippen LogP contribution in [-0.2, 0) is 14.8 Å². The zero-order valence-corrected chi connectivity index (χ0v) is 14.2. The minimum atomic E-state index is -3.38. The van der Waals surface area contributed by atoms with Crippen LogP contribution in [0.5, 0.6) is 0 Å². The van der Waals surface area contributed by atoms with E-state index in [0.717, 1.165) is 25.7 Å². The number of hydrogen-bond donors (Lipinski definition) is 3. The lowest BCUT2D eigenvalue weighted by atomic mass is 10.1. The highest BCUT2D eigenvalue weighted by atomic mass is 32.2. The third-order valence-electron chi connectivity index (χ3n) is 3.58. The number of carbonyl (C=O) groups excluding carboxylic acids is 1. The molecule has 1 fully saturated rings. The van der Waals surface area contributed by atoms with Crippen LogP contribution in [0.25, 0.3) is 0 Å². The second-order valence-corrected chi connectivity index (χ2v) is 7.42. The highest BCUT2D eigenvalue weighted by Crippen LogP contribution is 2.23. The zero-order valence-electron chi connectivity index (χ0n) is 13.3. The fourth-order valence-corrected chi connectivity index (χ4v) is 3.09. The molecule has 3 N–H and O–H groups in total. The van der Waals surface area contributed by atoms with Crippen molar-refractivity contribution in [2.45, 2.75) is 31.9 Å². The predicted octanol–water partition coefficient (Wildman–Crippen LogP) is 1.60. The van der Waals surface area contributed by atoms with Gasteiger partial charge < -0.3 is 15.4 Å². The minimum Gasteiger partial charge on any atom is -0.376 e. The van der Waals surface area contributed by atoms with Crippen molar-refractivity contribution in [3.05, 3.63) is 29.8 Å². The van der Waals surface area contributed by atoms with Gasteiger partial charge in [-0.05, 0) is 31.4 Å². The van der Waals surface area contributed by atoms with Crippen LogP contribution in [0.3, 0.4) is 0 Å². The third kappa shape index (κ3) is 5.72. The molecule has 2 unspecified atom stereocenters. The number of urea groups is 1. The summed E-state index contributed by atoms with van der Waals surface area (Å²) in [4.78, 5) is 12.0. The number of para-hydroxylation sites is 1. The lowest BCUT2D eigenvalue weighted by Gasteiger charge is -2.19. The van der Waals surface area contributed by atoms with Crippen LogP contribution in [0.1, 0.15) is 31.4 Å². The monoisotopic (exact) mass is 341 g/mol. The molecule has 1 aliphatic heterocycles. The number of hydrogen-bond acceptors (Lipinski definition) is 4. The molecule has 2 amide bonds. The molecular formula is C15H23N3O4S. The number of rotatable bonds is 6. The van der Waals surface area contributed by atoms with Gasteiger partial charge in [0.2, 0.25) is 10.0 Å². The average molecular weight is 341 g/mol. The van der Waals surface area contributed by atoms with Gasteiger partial charge in [-0.25, -0.2) is 13.2 Å². The number of sulfonamides is 1. The van der Waals surface area contributed by atoms with E-state index in [1.54, 1.807) is 31.2 Å². The molecule has 1 aromatic rings. The summed E-state index contributed by atoms with van der Waals surface area (Å²) in [5.41, 5.74) is 1.16. The minimum absolute atomic E-state index is 0.0789. The summed E-state index contributed by atoms with van der Waals surface area (Å²) in [5, 5.41) is 5.59. The van der Waals surface area contributed by atoms with E-state index < -0.39 is 10.0 Å². The number of benzene rings is 1. The highest BCUT2D eigenvalue weighted by molar-refractivity contribution is 7.92. The lowest BCUT2D eigenvalue weighted by Crippen LogP contribution is -2.40. The Morgan fingerprint density at radius 3 is 2.78 bits per heavy atom. The molecule has 0 aliphatic carbocycles. The maximum atomic E-state index is 12.0. The molecule has 0 radical (unpaired) electrons. The first-order valence-electron chi connectivity index (χ1n) is 7.58. The van der Waals surface area contributed by atoms with E-state index in [1.165, 1.54) is 0 Å². The number of anilines is 1. The van der Waals surface area contributed by atoms with E-state index in [4.69, 9.17) is 4.74 Å². The van der Waals surface area contributed by atoms with E-state index in [2.05, 4.69) is 15.4 Å². The largest absolute Gasteiger partial charge is 0.376 e. The maximum absolute atomic E-state index is 12.0. The highest BCUT2D eigenvalue weighted by Gasteiger charge is 2.18. The van der Waals surface area contributed by atoms with E-state index in [1.807, 2.05) is 0 Å². The van der Waals surface area contributed by atoms with Gasteiger partial charge in [-0.2, -0.15) is 0 Å². The predicted molar refractivity (Wildman–Crippen MR) is 88.8 cm³/mol. The molecule has 1 heterocycles. The Morgan fingerprint density at radius 2 is 2.13 bits per heavy atom. The standard InChI is InChI=1S/C15H23N3O4S/c1-11(17-15(19)16-10-12-6-5-9-22-12)13-7-3-4-8-14(13)18-23(2,20)21/h3-4,7-8,11-12,18H,5-6,9-10H2,1-2H3,(H2,16,17,19). The summed E-state index contributed by atoms with van der Waals surface area (Å²) in [7, 11) is -3.38. The van der Waals surface area contributed by atoms with Gasteiger partial charge in [-0.1, -0.05) is 18.2 Å². The number of ether oxygens (including phenoxy) is 1. The van der Waals surface area contributed by atoms with Gasteiger partial charge in [0.05, 0.1) is 24.1 Å². The molecule has 2 atom stereocenters. The van der Waals surface area contributed by atoms with Crippen LogP contribution in [0.2, 0.25) is 0 Å². The van der Waals surface area contributed by atoms with Crippen LogP contribution < -0.4 is 15.4 Å². The molecule has 1 saturated heterocycles. The Balaban J connectivity index is 1.94. The SMILES string of the molecule is CC(NC(=O)NCC1CCCO1)c1ccccc1NS(C)(=O)=O. The van der Waals surface area contributed by atoms with Gasteiger partial charge in [0.15, 0.2) is 0 Å². The molecule has 0 aromatic heterocycles. The molecule has 0 spiro atoms. The fourth-order valence-electron chi connectivity index (χ4n) is 2.50. The van der Waals surface area contributed by atoms with Gasteiger partial charge in [0.25, 0.3) is 0 Å². The van der Waals surface area contributed by atoms with Crippen molar-refractivity contribution in [2.24, 2.45) is 0 Å². The molecule has 128 valence electrons. The summed E-state index contributed by atoms with van der Waals surface area (Å²) in [5.74, 6) is 0. The van der Waals surface area contributed by atoms with Crippen LogP contribution >= 0.6 is 0 Å². The first-order chi connectivity index (χ1) is 10.8. The number of nitrogens with one attached hydrogen (secondary N) is 3. The Hall–Kier alpha value is -1.80. The molecular weight excluding hydrogens is 318 g/mol. The van der Waals surface area contributed by atoms with Gasteiger partial charge in [0, 0.05) is 13.2 Å². The Kier molecular flexibility index (Phi) is 5.84. The Morgan fingerprint density at radius 1 is 1.39 bits per heavy atom. The second kappa shape index (κ2) is 7.65. The van der Waals surface area contributed by atoms with Crippen molar-refractivity contribution < 1.29 is 17.9 Å². The Bertz CT molecular complexity index is 642. The summed E-state index contributed by atoms with van der Waals surface area (Å²) < 4.78 is 30.8. The van der Waals surface area contributed by atoms with Gasteiger partial charge in [-0.3, -0.25) is 4.72 Å². The third-order valence-corrected chi connectivity index (χ3v) is 4.18. The zero-order chi connectivity index (χ0) is 16.9. The Labute approximate surface area is 136 Å². The topological polar surface area (TPSA) is 96.5 Å². The quantitative estimate of drug-likeness (QED) is 0.732. The molecule has 7 nitrogen and oxygen atoms in total. The van der Waals surface area contributed by atoms with Gasteiger partial charge >= 0.3 is 6.03 Å². The summed E-state index contributed by atoms with van der Waals surface area (Å²) in [6.45, 7) is 3.02. The molecule has 23 heavy (non-hydrogen) atoms. The van der Waals surface area contributed by atoms with Crippen molar-refractivity contribution in [3.63, 3.8) is 0 Å². The van der Waals surface area contributed by atoms with E-state index >= 15 is 0 Å². The molecule has 0 saturated carbocycles. The second-order valence-electron chi connectivity index (χ2n) is 5.67. The van der Waals surface area contributed by atoms with Gasteiger partial charge in [0.1, 0.15) is 0 Å². The average Bonchev–Trinajstić information content (AvgIpc) is 2.97. The maximum Gasteiger partial charge on any atom is 0.315 e. The molecule has 0 bridgehead atoms. The first-order valence-corrected chi connectivity index (χ1v) is 9.47. The number of carbonyl (C=O) groups is 1. The van der Waals surface area contributed by atoms with Gasteiger partial charge in [-0.15, -0.1) is 0 Å². The van der Waals surface area contributed by atoms with Crippen molar-refractivity contribution in [1.29, 1.82) is 0 Å². The number of amides is 2. The van der Waals surface area contributed by atoms with Crippen molar-refractivity contribution in [1.82, 2.24) is 10.6 Å². The smallest absolute Gasteiger partial charge is 0.315 e. The van der Waals surface area contributed by atoms with Crippen LogP contribution in [-0.4, -0.2) is 40.0 Å². The molecule has 1 aromatic carbocycles. The van der Waals surface area contributed by atoms with Crippen molar-refractivity contribution in [3.8, 4) is 0 Å². The first kappa shape index (κ1) is 17.6. The normalized spacial score (nSPS) is 19.1. The summed E-state index contributed by atoms with van der Waals surface area (Å²) in [6.07, 6.45) is 3.15.